The Morgan fingerprint density at radius 3 is 2.39 bits per heavy atom. The molecule has 146 valence electrons. The van der Waals surface area contributed by atoms with Gasteiger partial charge in [-0.2, -0.15) is 13.2 Å². The minimum absolute atomic E-state index is 0.284. The summed E-state index contributed by atoms with van der Waals surface area (Å²) in [7, 11) is 0. The smallest absolute Gasteiger partial charge is 0.337 e. The third-order valence-electron chi connectivity index (χ3n) is 3.90. The lowest BCUT2D eigenvalue weighted by Crippen LogP contribution is -2.23. The highest BCUT2D eigenvalue weighted by atomic mass is 32.2. The standard InChI is InChI=1S/C19H17F3N4OS/c1-12(17(27)24-15-9-7-14(8-10-15)19(20,21)22)28-18-25-16(11-26(18)23)13-5-3-2-4-6-13/h2-12H,23H2,1H3,(H,24,27)/t12-/m0/s1. The molecule has 1 amide bonds. The molecular formula is C19H17F3N4OS. The summed E-state index contributed by atoms with van der Waals surface area (Å²) in [6.07, 6.45) is -2.75. The third kappa shape index (κ3) is 4.66. The van der Waals surface area contributed by atoms with Crippen molar-refractivity contribution in [3.05, 3.63) is 66.4 Å². The average Bonchev–Trinajstić information content (AvgIpc) is 3.02. The molecule has 3 N–H and O–H groups in total. The van der Waals surface area contributed by atoms with Gasteiger partial charge in [0.05, 0.1) is 22.7 Å². The maximum Gasteiger partial charge on any atom is 0.416 e. The summed E-state index contributed by atoms with van der Waals surface area (Å²) in [6.45, 7) is 1.67. The van der Waals surface area contributed by atoms with Crippen LogP contribution in [0.5, 0.6) is 0 Å². The van der Waals surface area contributed by atoms with Crippen LogP contribution in [0.1, 0.15) is 12.5 Å². The van der Waals surface area contributed by atoms with E-state index >= 15 is 0 Å². The maximum atomic E-state index is 12.6. The number of rotatable bonds is 5. The number of carbonyl (C=O) groups excluding carboxylic acids is 1. The second kappa shape index (κ2) is 7.97. The number of nitrogens with one attached hydrogen (secondary N) is 1. The van der Waals surface area contributed by atoms with Crippen molar-refractivity contribution in [2.45, 2.75) is 23.5 Å². The van der Waals surface area contributed by atoms with Gasteiger partial charge < -0.3 is 11.2 Å². The largest absolute Gasteiger partial charge is 0.416 e. The first kappa shape index (κ1) is 19.8. The normalized spacial score (nSPS) is 12.6. The Labute approximate surface area is 163 Å². The van der Waals surface area contributed by atoms with Crippen molar-refractivity contribution in [3.8, 4) is 11.3 Å². The highest BCUT2D eigenvalue weighted by molar-refractivity contribution is 8.00. The average molecular weight is 406 g/mol. The molecule has 1 atom stereocenters. The van der Waals surface area contributed by atoms with Crippen molar-refractivity contribution in [2.24, 2.45) is 0 Å². The van der Waals surface area contributed by atoms with Gasteiger partial charge >= 0.3 is 6.18 Å². The number of anilines is 1. The number of nitrogens with zero attached hydrogens (tertiary/aromatic N) is 2. The fourth-order valence-corrected chi connectivity index (χ4v) is 3.22. The van der Waals surface area contributed by atoms with Crippen molar-refractivity contribution in [3.63, 3.8) is 0 Å². The van der Waals surface area contributed by atoms with E-state index in [1.54, 1.807) is 13.1 Å². The third-order valence-corrected chi connectivity index (χ3v) is 4.98. The van der Waals surface area contributed by atoms with Crippen LogP contribution in [0.25, 0.3) is 11.3 Å². The van der Waals surface area contributed by atoms with Crippen LogP contribution in [-0.4, -0.2) is 20.8 Å². The molecule has 0 bridgehead atoms. The number of amides is 1. The van der Waals surface area contributed by atoms with Crippen LogP contribution in [0.15, 0.2) is 66.0 Å². The minimum atomic E-state index is -4.42. The molecule has 3 rings (SSSR count). The summed E-state index contributed by atoms with van der Waals surface area (Å²) in [5.74, 6) is 5.57. The SMILES string of the molecule is C[C@H](Sc1nc(-c2ccccc2)cn1N)C(=O)Nc1ccc(C(F)(F)F)cc1. The lowest BCUT2D eigenvalue weighted by atomic mass is 10.2. The van der Waals surface area contributed by atoms with Crippen molar-refractivity contribution < 1.29 is 18.0 Å². The molecule has 28 heavy (non-hydrogen) atoms. The first-order valence-corrected chi connectivity index (χ1v) is 9.16. The van der Waals surface area contributed by atoms with Gasteiger partial charge in [-0.15, -0.1) is 0 Å². The molecular weight excluding hydrogens is 389 g/mol. The van der Waals surface area contributed by atoms with Crippen molar-refractivity contribution in [1.82, 2.24) is 9.66 Å². The van der Waals surface area contributed by atoms with Crippen LogP contribution in [0, 0.1) is 0 Å². The van der Waals surface area contributed by atoms with Crippen LogP contribution in [0.4, 0.5) is 18.9 Å². The summed E-state index contributed by atoms with van der Waals surface area (Å²) in [6, 6.07) is 13.8. The van der Waals surface area contributed by atoms with Crippen LogP contribution < -0.4 is 11.2 Å². The van der Waals surface area contributed by atoms with E-state index in [0.717, 1.165) is 29.5 Å². The van der Waals surface area contributed by atoms with E-state index in [9.17, 15) is 18.0 Å². The van der Waals surface area contributed by atoms with Crippen LogP contribution in [0.2, 0.25) is 0 Å². The number of benzene rings is 2. The molecule has 0 saturated heterocycles. The molecule has 0 radical (unpaired) electrons. The Hall–Kier alpha value is -2.94. The summed E-state index contributed by atoms with van der Waals surface area (Å²) >= 11 is 1.16. The topological polar surface area (TPSA) is 72.9 Å². The lowest BCUT2D eigenvalue weighted by molar-refractivity contribution is -0.137. The Balaban J connectivity index is 1.65. The molecule has 0 fully saturated rings. The van der Waals surface area contributed by atoms with Crippen molar-refractivity contribution >= 4 is 23.4 Å². The van der Waals surface area contributed by atoms with E-state index < -0.39 is 17.0 Å². The fraction of sp³-hybridized carbons (Fsp3) is 0.158. The van der Waals surface area contributed by atoms with E-state index in [0.29, 0.717) is 10.9 Å². The number of nitrogen functional groups attached to an aromatic ring is 1. The molecule has 0 unspecified atom stereocenters. The van der Waals surface area contributed by atoms with E-state index in [1.165, 1.54) is 16.8 Å². The van der Waals surface area contributed by atoms with E-state index in [1.807, 2.05) is 30.3 Å². The Bertz CT molecular complexity index is 956. The van der Waals surface area contributed by atoms with Gasteiger partial charge in [-0.1, -0.05) is 42.1 Å². The molecule has 1 aromatic heterocycles. The van der Waals surface area contributed by atoms with Gasteiger partial charge in [0.1, 0.15) is 0 Å². The Morgan fingerprint density at radius 1 is 1.14 bits per heavy atom. The minimum Gasteiger partial charge on any atom is -0.337 e. The molecule has 0 aliphatic rings. The molecule has 0 aliphatic heterocycles. The van der Waals surface area contributed by atoms with E-state index in [-0.39, 0.29) is 11.6 Å². The van der Waals surface area contributed by atoms with Crippen molar-refractivity contribution in [1.29, 1.82) is 0 Å². The zero-order valence-electron chi connectivity index (χ0n) is 14.8. The number of alkyl halides is 3. The van der Waals surface area contributed by atoms with Gasteiger partial charge in [0.2, 0.25) is 5.91 Å². The zero-order chi connectivity index (χ0) is 20.3. The quantitative estimate of drug-likeness (QED) is 0.487. The summed E-state index contributed by atoms with van der Waals surface area (Å²) in [4.78, 5) is 16.8. The molecule has 0 spiro atoms. The van der Waals surface area contributed by atoms with Gasteiger partial charge in [-0.25, -0.2) is 9.66 Å². The maximum absolute atomic E-state index is 12.6. The predicted octanol–water partition coefficient (Wildman–Crippen LogP) is 4.40. The van der Waals surface area contributed by atoms with E-state index in [2.05, 4.69) is 10.3 Å². The molecule has 2 aromatic carbocycles. The first-order valence-electron chi connectivity index (χ1n) is 8.28. The summed E-state index contributed by atoms with van der Waals surface area (Å²) in [5, 5.41) is 2.49. The van der Waals surface area contributed by atoms with E-state index in [4.69, 9.17) is 5.84 Å². The molecule has 5 nitrogen and oxygen atoms in total. The van der Waals surface area contributed by atoms with Crippen LogP contribution in [0.3, 0.4) is 0 Å². The number of imidazole rings is 1. The summed E-state index contributed by atoms with van der Waals surface area (Å²) < 4.78 is 39.2. The number of thioether (sulfide) groups is 1. The number of hydrogen-bond donors (Lipinski definition) is 2. The predicted molar refractivity (Wildman–Crippen MR) is 103 cm³/mol. The van der Waals surface area contributed by atoms with Gasteiger partial charge in [0.25, 0.3) is 0 Å². The van der Waals surface area contributed by atoms with Crippen molar-refractivity contribution in [2.75, 3.05) is 11.2 Å². The molecule has 9 heteroatoms. The zero-order valence-corrected chi connectivity index (χ0v) is 15.6. The Kier molecular flexibility index (Phi) is 5.64. The summed E-state index contributed by atoms with van der Waals surface area (Å²) in [5.41, 5.74) is 1.09. The fourth-order valence-electron chi connectivity index (χ4n) is 2.41. The monoisotopic (exact) mass is 406 g/mol. The van der Waals surface area contributed by atoms with Gasteiger partial charge in [-0.3, -0.25) is 4.79 Å². The number of hydrogen-bond acceptors (Lipinski definition) is 4. The Morgan fingerprint density at radius 2 is 1.79 bits per heavy atom. The highest BCUT2D eigenvalue weighted by Crippen LogP contribution is 2.30. The molecule has 0 aliphatic carbocycles. The second-order valence-corrected chi connectivity index (χ2v) is 7.31. The molecule has 3 aromatic rings. The van der Waals surface area contributed by atoms with Gasteiger partial charge in [0.15, 0.2) is 5.16 Å². The lowest BCUT2D eigenvalue weighted by Gasteiger charge is -2.12. The van der Waals surface area contributed by atoms with Gasteiger partial charge in [-0.05, 0) is 31.2 Å². The number of carbonyl (C=O) groups is 1. The number of aromatic nitrogens is 2. The molecule has 1 heterocycles. The van der Waals surface area contributed by atoms with Gasteiger partial charge in [0, 0.05) is 11.3 Å². The second-order valence-electron chi connectivity index (χ2n) is 6.01. The van der Waals surface area contributed by atoms with Crippen LogP contribution >= 0.6 is 11.8 Å². The first-order chi connectivity index (χ1) is 13.2. The molecule has 0 saturated carbocycles. The highest BCUT2D eigenvalue weighted by Gasteiger charge is 2.30. The number of halogens is 3. The van der Waals surface area contributed by atoms with Crippen LogP contribution in [-0.2, 0) is 11.0 Å². The number of nitrogens with two attached hydrogens (primary N) is 1.